The Labute approximate surface area is 180 Å². The summed E-state index contributed by atoms with van der Waals surface area (Å²) in [5.74, 6) is 0.806. The number of aryl methyl sites for hydroxylation is 1. The molecule has 3 aromatic rings. The van der Waals surface area contributed by atoms with E-state index in [1.807, 2.05) is 55.7 Å². The van der Waals surface area contributed by atoms with Crippen molar-refractivity contribution in [1.29, 1.82) is 0 Å². The van der Waals surface area contributed by atoms with E-state index in [0.717, 1.165) is 30.4 Å². The van der Waals surface area contributed by atoms with Gasteiger partial charge in [0.1, 0.15) is 11.9 Å². The average Bonchev–Trinajstić information content (AvgIpc) is 3.37. The first-order chi connectivity index (χ1) is 15.0. The minimum absolute atomic E-state index is 0.0550. The number of hydrogen-bond donors (Lipinski definition) is 2. The van der Waals surface area contributed by atoms with Gasteiger partial charge in [-0.1, -0.05) is 6.07 Å². The van der Waals surface area contributed by atoms with E-state index >= 15 is 0 Å². The van der Waals surface area contributed by atoms with Gasteiger partial charge in [-0.25, -0.2) is 4.39 Å². The lowest BCUT2D eigenvalue weighted by atomic mass is 9.96. The number of aromatic hydroxyl groups is 1. The van der Waals surface area contributed by atoms with E-state index in [0.29, 0.717) is 29.5 Å². The highest BCUT2D eigenvalue weighted by Crippen LogP contribution is 2.34. The molecule has 0 amide bonds. The number of nitrogens with zero attached hydrogens (tertiary/aromatic N) is 5. The average molecular weight is 423 g/mol. The Morgan fingerprint density at radius 3 is 2.77 bits per heavy atom. The number of piperidine rings is 1. The van der Waals surface area contributed by atoms with Crippen LogP contribution in [-0.2, 0) is 13.5 Å². The Bertz CT molecular complexity index is 1070. The summed E-state index contributed by atoms with van der Waals surface area (Å²) >= 11 is 0. The molecule has 2 N–H and O–H groups in total. The normalized spacial score (nSPS) is 25.0. The number of hydrogen-bond acceptors (Lipinski definition) is 6. The number of nitrogens with one attached hydrogen (secondary N) is 1. The van der Waals surface area contributed by atoms with Gasteiger partial charge in [0.2, 0.25) is 0 Å². The van der Waals surface area contributed by atoms with Crippen LogP contribution in [0.15, 0.2) is 42.7 Å². The van der Waals surface area contributed by atoms with E-state index in [-0.39, 0.29) is 17.8 Å². The molecule has 8 heteroatoms. The van der Waals surface area contributed by atoms with E-state index < -0.39 is 6.17 Å². The van der Waals surface area contributed by atoms with Crippen LogP contribution in [0.5, 0.6) is 5.75 Å². The second-order valence-electron chi connectivity index (χ2n) is 8.73. The number of alkyl halides is 1. The third kappa shape index (κ3) is 3.87. The fourth-order valence-electron chi connectivity index (χ4n) is 4.88. The fourth-order valence-corrected chi connectivity index (χ4v) is 4.88. The van der Waals surface area contributed by atoms with E-state index in [1.165, 1.54) is 0 Å². The molecule has 162 valence electrons. The fraction of sp³-hybridized carbons (Fsp3) is 0.435. The number of aromatic nitrogens is 4. The Morgan fingerprint density at radius 1 is 1.19 bits per heavy atom. The maximum Gasteiger partial charge on any atom is 0.151 e. The summed E-state index contributed by atoms with van der Waals surface area (Å²) < 4.78 is 16.6. The third-order valence-electron chi connectivity index (χ3n) is 6.57. The van der Waals surface area contributed by atoms with Gasteiger partial charge in [0.05, 0.1) is 17.9 Å². The molecule has 1 aromatic carbocycles. The Hall–Kier alpha value is -3.00. The van der Waals surface area contributed by atoms with Gasteiger partial charge in [-0.05, 0) is 54.7 Å². The molecule has 2 bridgehead atoms. The first kappa shape index (κ1) is 19.9. The summed E-state index contributed by atoms with van der Waals surface area (Å²) in [4.78, 5) is 1.91. The summed E-state index contributed by atoms with van der Waals surface area (Å²) in [6, 6.07) is 9.40. The van der Waals surface area contributed by atoms with E-state index in [9.17, 15) is 9.50 Å². The largest absolute Gasteiger partial charge is 0.507 e. The van der Waals surface area contributed by atoms with Crippen molar-refractivity contribution >= 4 is 5.82 Å². The van der Waals surface area contributed by atoms with Gasteiger partial charge in [0.25, 0.3) is 0 Å². The maximum atomic E-state index is 14.9. The van der Waals surface area contributed by atoms with Crippen molar-refractivity contribution in [2.75, 3.05) is 11.9 Å². The van der Waals surface area contributed by atoms with Gasteiger partial charge >= 0.3 is 0 Å². The predicted octanol–water partition coefficient (Wildman–Crippen LogP) is 2.84. The predicted molar refractivity (Wildman–Crippen MR) is 117 cm³/mol. The Balaban J connectivity index is 1.31. The number of rotatable bonds is 5. The number of benzene rings is 1. The van der Waals surface area contributed by atoms with Crippen molar-refractivity contribution in [2.45, 2.75) is 50.0 Å². The number of phenols is 1. The quantitative estimate of drug-likeness (QED) is 0.658. The van der Waals surface area contributed by atoms with Crippen LogP contribution in [0.1, 0.15) is 30.4 Å². The standard InChI is InChI=1S/C23H27FN6O/c1-29-13-15(12-25-29)9-14-3-5-17(21(31)10-14)18-7-8-22(28-27-18)30(2)20-11-16-4-6-19(26-16)23(20)24/h3,5,7-8,10,12-13,16,19-20,23,26,31H,4,6,9,11H2,1-2H3/t16?,19?,20-,23+/m1/s1. The van der Waals surface area contributed by atoms with Crippen LogP contribution < -0.4 is 10.2 Å². The van der Waals surface area contributed by atoms with Gasteiger partial charge in [-0.2, -0.15) is 5.10 Å². The van der Waals surface area contributed by atoms with Crippen LogP contribution in [0, 0.1) is 0 Å². The molecule has 0 spiro atoms. The molecule has 0 aliphatic carbocycles. The van der Waals surface area contributed by atoms with Crippen LogP contribution in [-0.4, -0.2) is 56.4 Å². The number of fused-ring (bicyclic) bond motifs is 2. The van der Waals surface area contributed by atoms with Crippen molar-refractivity contribution in [3.63, 3.8) is 0 Å². The van der Waals surface area contributed by atoms with Crippen LogP contribution >= 0.6 is 0 Å². The first-order valence-electron chi connectivity index (χ1n) is 10.7. The summed E-state index contributed by atoms with van der Waals surface area (Å²) in [6.45, 7) is 0. The molecule has 0 saturated carbocycles. The molecule has 2 aliphatic rings. The van der Waals surface area contributed by atoms with Crippen molar-refractivity contribution < 1.29 is 9.50 Å². The third-order valence-corrected chi connectivity index (χ3v) is 6.57. The van der Waals surface area contributed by atoms with E-state index in [4.69, 9.17) is 0 Å². The lowest BCUT2D eigenvalue weighted by Gasteiger charge is -2.38. The molecule has 2 saturated heterocycles. The number of halogens is 1. The lowest BCUT2D eigenvalue weighted by Crippen LogP contribution is -2.55. The summed E-state index contributed by atoms with van der Waals surface area (Å²) in [6.07, 6.45) is 6.27. The zero-order valence-electron chi connectivity index (χ0n) is 17.7. The van der Waals surface area contributed by atoms with Crippen molar-refractivity contribution in [3.8, 4) is 17.0 Å². The highest BCUT2D eigenvalue weighted by molar-refractivity contribution is 5.67. The molecular weight excluding hydrogens is 395 g/mol. The molecule has 7 nitrogen and oxygen atoms in total. The molecule has 2 aromatic heterocycles. The highest BCUT2D eigenvalue weighted by Gasteiger charge is 2.43. The second kappa shape index (κ2) is 7.92. The minimum atomic E-state index is -0.915. The maximum absolute atomic E-state index is 14.9. The molecular formula is C23H27FN6O. The molecule has 31 heavy (non-hydrogen) atoms. The van der Waals surface area contributed by atoms with Crippen LogP contribution in [0.2, 0.25) is 0 Å². The molecule has 4 heterocycles. The smallest absolute Gasteiger partial charge is 0.151 e. The van der Waals surface area contributed by atoms with E-state index in [2.05, 4.69) is 20.6 Å². The summed E-state index contributed by atoms with van der Waals surface area (Å²) in [5, 5.41) is 26.8. The van der Waals surface area contributed by atoms with Crippen molar-refractivity contribution in [1.82, 2.24) is 25.3 Å². The van der Waals surface area contributed by atoms with Crippen LogP contribution in [0.25, 0.3) is 11.3 Å². The van der Waals surface area contributed by atoms with Crippen molar-refractivity contribution in [3.05, 3.63) is 53.9 Å². The highest BCUT2D eigenvalue weighted by atomic mass is 19.1. The molecule has 2 aliphatic heterocycles. The number of phenolic OH excluding ortho intramolecular Hbond substituents is 1. The zero-order valence-corrected chi connectivity index (χ0v) is 17.7. The Kier molecular flexibility index (Phi) is 5.09. The van der Waals surface area contributed by atoms with Crippen LogP contribution in [0.4, 0.5) is 10.2 Å². The lowest BCUT2D eigenvalue weighted by molar-refractivity contribution is 0.176. The van der Waals surface area contributed by atoms with Crippen molar-refractivity contribution in [2.24, 2.45) is 7.05 Å². The monoisotopic (exact) mass is 422 g/mol. The SMILES string of the molecule is CN(c1ccc(-c2ccc(Cc3cnn(C)c3)cc2O)nn1)[C@@H]1CC2CCC(N2)[C@@H]1F. The summed E-state index contributed by atoms with van der Waals surface area (Å²) in [7, 11) is 3.77. The zero-order chi connectivity index (χ0) is 21.5. The van der Waals surface area contributed by atoms with Gasteiger partial charge in [0.15, 0.2) is 5.82 Å². The molecule has 5 rings (SSSR count). The number of anilines is 1. The molecule has 2 fully saturated rings. The second-order valence-corrected chi connectivity index (χ2v) is 8.73. The molecule has 2 unspecified atom stereocenters. The molecule has 4 atom stereocenters. The summed E-state index contributed by atoms with van der Waals surface area (Å²) in [5.41, 5.74) is 3.29. The van der Waals surface area contributed by atoms with Crippen LogP contribution in [0.3, 0.4) is 0 Å². The van der Waals surface area contributed by atoms with E-state index in [1.54, 1.807) is 10.7 Å². The minimum Gasteiger partial charge on any atom is -0.507 e. The van der Waals surface area contributed by atoms with Gasteiger partial charge in [0, 0.05) is 44.4 Å². The Morgan fingerprint density at radius 2 is 2.06 bits per heavy atom. The first-order valence-corrected chi connectivity index (χ1v) is 10.7. The topological polar surface area (TPSA) is 79.1 Å². The van der Waals surface area contributed by atoms with Gasteiger partial charge < -0.3 is 15.3 Å². The van der Waals surface area contributed by atoms with Gasteiger partial charge in [-0.15, -0.1) is 10.2 Å². The molecule has 0 radical (unpaired) electrons. The van der Waals surface area contributed by atoms with Gasteiger partial charge in [-0.3, -0.25) is 4.68 Å².